The molecule has 5 nitrogen and oxygen atoms in total. The normalized spacial score (nSPS) is 11.2. The third kappa shape index (κ3) is 6.04. The van der Waals surface area contributed by atoms with Crippen LogP contribution in [0, 0.1) is 5.41 Å². The van der Waals surface area contributed by atoms with E-state index in [1.54, 1.807) is 18.2 Å². The summed E-state index contributed by atoms with van der Waals surface area (Å²) in [4.78, 5) is 21.7. The zero-order chi connectivity index (χ0) is 16.0. The number of primary amides is 1. The Labute approximate surface area is 129 Å². The average molecular weight is 313 g/mol. The molecule has 0 unspecified atom stereocenters. The maximum atomic E-state index is 11.1. The Balaban J connectivity index is 2.50. The molecule has 0 saturated heterocycles. The van der Waals surface area contributed by atoms with E-state index in [0.717, 1.165) is 12.1 Å². The molecule has 0 aliphatic heterocycles. The van der Waals surface area contributed by atoms with Crippen LogP contribution in [-0.2, 0) is 4.79 Å². The van der Waals surface area contributed by atoms with Crippen molar-refractivity contribution in [2.75, 3.05) is 11.9 Å². The molecule has 116 valence electrons. The van der Waals surface area contributed by atoms with Crippen LogP contribution in [0.25, 0.3) is 0 Å². The van der Waals surface area contributed by atoms with Crippen LogP contribution in [-0.4, -0.2) is 23.5 Å². The van der Waals surface area contributed by atoms with Crippen molar-refractivity contribution in [1.29, 1.82) is 0 Å². The fourth-order valence-corrected chi connectivity index (χ4v) is 2.21. The number of aliphatic carboxylic acids is 1. The van der Waals surface area contributed by atoms with Crippen LogP contribution in [0.3, 0.4) is 0 Å². The first-order valence-electron chi connectivity index (χ1n) is 6.76. The van der Waals surface area contributed by atoms with Crippen molar-refractivity contribution < 1.29 is 14.7 Å². The maximum Gasteiger partial charge on any atom is 0.303 e. The summed E-state index contributed by atoms with van der Waals surface area (Å²) in [7, 11) is 0. The van der Waals surface area contributed by atoms with Gasteiger partial charge in [0.1, 0.15) is 0 Å². The van der Waals surface area contributed by atoms with Gasteiger partial charge in [-0.25, -0.2) is 0 Å². The molecular formula is C15H21ClN2O3. The largest absolute Gasteiger partial charge is 0.481 e. The summed E-state index contributed by atoms with van der Waals surface area (Å²) in [6.07, 6.45) is 1.63. The molecule has 6 heteroatoms. The molecule has 21 heavy (non-hydrogen) atoms. The second kappa shape index (κ2) is 7.31. The molecule has 0 bridgehead atoms. The molecule has 0 fully saturated rings. The fourth-order valence-electron chi connectivity index (χ4n) is 1.94. The molecule has 0 aliphatic rings. The van der Waals surface area contributed by atoms with Gasteiger partial charge in [0.25, 0.3) is 0 Å². The molecule has 0 heterocycles. The second-order valence-electron chi connectivity index (χ2n) is 5.79. The minimum Gasteiger partial charge on any atom is -0.481 e. The summed E-state index contributed by atoms with van der Waals surface area (Å²) in [5.41, 5.74) is 6.23. The number of anilines is 1. The van der Waals surface area contributed by atoms with Gasteiger partial charge in [0.2, 0.25) is 5.91 Å². The number of carbonyl (C=O) groups is 2. The molecule has 0 atom stereocenters. The molecule has 0 saturated carbocycles. The van der Waals surface area contributed by atoms with Gasteiger partial charge in [-0.1, -0.05) is 25.4 Å². The van der Waals surface area contributed by atoms with Gasteiger partial charge >= 0.3 is 5.97 Å². The summed E-state index contributed by atoms with van der Waals surface area (Å²) in [6, 6.07) is 4.99. The molecule has 1 amide bonds. The second-order valence-corrected chi connectivity index (χ2v) is 6.20. The Kier molecular flexibility index (Phi) is 6.03. The van der Waals surface area contributed by atoms with Crippen LogP contribution in [0.15, 0.2) is 18.2 Å². The van der Waals surface area contributed by atoms with Gasteiger partial charge in [0, 0.05) is 18.7 Å². The Morgan fingerprint density at radius 1 is 1.33 bits per heavy atom. The molecule has 0 aliphatic carbocycles. The van der Waals surface area contributed by atoms with Crippen LogP contribution < -0.4 is 11.1 Å². The van der Waals surface area contributed by atoms with Crippen LogP contribution in [0.2, 0.25) is 5.02 Å². The lowest BCUT2D eigenvalue weighted by Gasteiger charge is -2.24. The Morgan fingerprint density at radius 2 is 2.00 bits per heavy atom. The molecule has 1 rings (SSSR count). The van der Waals surface area contributed by atoms with Crippen molar-refractivity contribution >= 4 is 29.2 Å². The van der Waals surface area contributed by atoms with E-state index in [4.69, 9.17) is 22.4 Å². The van der Waals surface area contributed by atoms with E-state index in [1.165, 1.54) is 0 Å². The van der Waals surface area contributed by atoms with E-state index in [2.05, 4.69) is 5.32 Å². The lowest BCUT2D eigenvalue weighted by Crippen LogP contribution is -2.18. The van der Waals surface area contributed by atoms with Gasteiger partial charge < -0.3 is 16.2 Å². The van der Waals surface area contributed by atoms with E-state index in [-0.39, 0.29) is 11.8 Å². The number of rotatable bonds is 8. The van der Waals surface area contributed by atoms with Crippen molar-refractivity contribution in [3.8, 4) is 0 Å². The van der Waals surface area contributed by atoms with Crippen LogP contribution in [0.1, 0.15) is 43.5 Å². The highest BCUT2D eigenvalue weighted by atomic mass is 35.5. The zero-order valence-electron chi connectivity index (χ0n) is 12.3. The summed E-state index contributed by atoms with van der Waals surface area (Å²) in [5, 5.41) is 12.2. The summed E-state index contributed by atoms with van der Waals surface area (Å²) in [6.45, 7) is 4.78. The zero-order valence-corrected chi connectivity index (χ0v) is 13.0. The fraction of sp³-hybridized carbons (Fsp3) is 0.467. The van der Waals surface area contributed by atoms with Gasteiger partial charge in [-0.3, -0.25) is 9.59 Å². The number of nitrogens with two attached hydrogens (primary N) is 1. The van der Waals surface area contributed by atoms with Gasteiger partial charge in [-0.2, -0.15) is 0 Å². The van der Waals surface area contributed by atoms with E-state index in [1.807, 2.05) is 13.8 Å². The minimum absolute atomic E-state index is 0.0532. The van der Waals surface area contributed by atoms with Crippen molar-refractivity contribution in [2.45, 2.75) is 33.1 Å². The number of hydrogen-bond acceptors (Lipinski definition) is 3. The van der Waals surface area contributed by atoms with Crippen LogP contribution >= 0.6 is 11.6 Å². The van der Waals surface area contributed by atoms with Crippen molar-refractivity contribution in [3.05, 3.63) is 28.8 Å². The van der Waals surface area contributed by atoms with Crippen molar-refractivity contribution in [3.63, 3.8) is 0 Å². The number of carboxylic acids is 1. The smallest absolute Gasteiger partial charge is 0.303 e. The maximum absolute atomic E-state index is 11.1. The lowest BCUT2D eigenvalue weighted by atomic mass is 9.84. The molecule has 0 aromatic heterocycles. The quantitative estimate of drug-likeness (QED) is 0.687. The van der Waals surface area contributed by atoms with E-state index < -0.39 is 11.9 Å². The number of amides is 1. The third-order valence-electron chi connectivity index (χ3n) is 3.38. The molecular weight excluding hydrogens is 292 g/mol. The number of carbonyl (C=O) groups excluding carboxylic acids is 1. The Morgan fingerprint density at radius 3 is 2.52 bits per heavy atom. The van der Waals surface area contributed by atoms with E-state index in [0.29, 0.717) is 23.6 Å². The number of carboxylic acid groups (broad SMARTS) is 1. The molecule has 0 radical (unpaired) electrons. The summed E-state index contributed by atoms with van der Waals surface area (Å²) < 4.78 is 0. The first kappa shape index (κ1) is 17.3. The van der Waals surface area contributed by atoms with Crippen molar-refractivity contribution in [2.24, 2.45) is 11.1 Å². The predicted octanol–water partition coefficient (Wildman–Crippen LogP) is 3.13. The Hall–Kier alpha value is -1.75. The number of hydrogen-bond donors (Lipinski definition) is 3. The van der Waals surface area contributed by atoms with Crippen LogP contribution in [0.4, 0.5) is 5.69 Å². The van der Waals surface area contributed by atoms with Gasteiger partial charge in [-0.05, 0) is 36.5 Å². The average Bonchev–Trinajstić information content (AvgIpc) is 2.36. The SMILES string of the molecule is CC(C)(CCNc1ccc(C(N)=O)c(Cl)c1)CCC(=O)O. The summed E-state index contributed by atoms with van der Waals surface area (Å²) in [5.74, 6) is -1.33. The predicted molar refractivity (Wildman–Crippen MR) is 83.7 cm³/mol. The van der Waals surface area contributed by atoms with E-state index >= 15 is 0 Å². The highest BCUT2D eigenvalue weighted by molar-refractivity contribution is 6.34. The number of halogens is 1. The van der Waals surface area contributed by atoms with Gasteiger partial charge in [0.15, 0.2) is 0 Å². The molecule has 1 aromatic carbocycles. The molecule has 1 aromatic rings. The topological polar surface area (TPSA) is 92.4 Å². The van der Waals surface area contributed by atoms with Gasteiger partial charge in [-0.15, -0.1) is 0 Å². The minimum atomic E-state index is -0.773. The number of nitrogens with one attached hydrogen (secondary N) is 1. The standard InChI is InChI=1S/C15H21ClN2O3/c1-15(2,6-5-13(19)20)7-8-18-10-3-4-11(14(17)21)12(16)9-10/h3-4,9,18H,5-8H2,1-2H3,(H2,17,21)(H,19,20). The van der Waals surface area contributed by atoms with Crippen LogP contribution in [0.5, 0.6) is 0 Å². The highest BCUT2D eigenvalue weighted by Crippen LogP contribution is 2.27. The number of benzene rings is 1. The highest BCUT2D eigenvalue weighted by Gasteiger charge is 2.18. The van der Waals surface area contributed by atoms with E-state index in [9.17, 15) is 9.59 Å². The first-order chi connectivity index (χ1) is 9.71. The first-order valence-corrected chi connectivity index (χ1v) is 7.14. The third-order valence-corrected chi connectivity index (χ3v) is 3.69. The van der Waals surface area contributed by atoms with Gasteiger partial charge in [0.05, 0.1) is 10.6 Å². The molecule has 4 N–H and O–H groups in total. The van der Waals surface area contributed by atoms with Crippen molar-refractivity contribution in [1.82, 2.24) is 0 Å². The molecule has 0 spiro atoms. The summed E-state index contributed by atoms with van der Waals surface area (Å²) >= 11 is 5.97. The monoisotopic (exact) mass is 312 g/mol. The lowest BCUT2D eigenvalue weighted by molar-refractivity contribution is -0.137. The Bertz CT molecular complexity index is 530.